The Morgan fingerprint density at radius 2 is 1.74 bits per heavy atom. The van der Waals surface area contributed by atoms with Gasteiger partial charge in [0.1, 0.15) is 5.82 Å². The van der Waals surface area contributed by atoms with Gasteiger partial charge in [0.15, 0.2) is 0 Å². The van der Waals surface area contributed by atoms with Gasteiger partial charge in [-0.05, 0) is 43.4 Å². The zero-order valence-electron chi connectivity index (χ0n) is 12.9. The summed E-state index contributed by atoms with van der Waals surface area (Å²) in [6.07, 6.45) is 3.22. The molecule has 23 heavy (non-hydrogen) atoms. The summed E-state index contributed by atoms with van der Waals surface area (Å²) in [7, 11) is -3.43. The molecule has 0 unspecified atom stereocenters. The molecule has 1 aromatic carbocycles. The highest BCUT2D eigenvalue weighted by Gasteiger charge is 2.33. The van der Waals surface area contributed by atoms with Gasteiger partial charge in [-0.1, -0.05) is 12.1 Å². The summed E-state index contributed by atoms with van der Waals surface area (Å²) in [5.41, 5.74) is 0.569. The van der Waals surface area contributed by atoms with Crippen molar-refractivity contribution in [2.45, 2.75) is 37.5 Å². The molecule has 1 saturated carbocycles. The quantitative estimate of drug-likeness (QED) is 0.886. The van der Waals surface area contributed by atoms with Crippen molar-refractivity contribution >= 4 is 15.9 Å². The molecule has 0 bridgehead atoms. The zero-order valence-corrected chi connectivity index (χ0v) is 13.7. The van der Waals surface area contributed by atoms with Gasteiger partial charge in [-0.25, -0.2) is 17.1 Å². The van der Waals surface area contributed by atoms with Crippen molar-refractivity contribution in [3.05, 3.63) is 35.6 Å². The number of carbonyl (C=O) groups excluding carboxylic acids is 1. The highest BCUT2D eigenvalue weighted by atomic mass is 32.2. The highest BCUT2D eigenvalue weighted by Crippen LogP contribution is 2.24. The van der Waals surface area contributed by atoms with Crippen LogP contribution in [-0.2, 0) is 20.6 Å². The van der Waals surface area contributed by atoms with Crippen molar-refractivity contribution in [2.24, 2.45) is 5.92 Å². The molecular formula is C16H21FN2O3S. The fourth-order valence-corrected chi connectivity index (χ4v) is 4.39. The molecule has 1 saturated heterocycles. The Morgan fingerprint density at radius 3 is 2.30 bits per heavy atom. The van der Waals surface area contributed by atoms with Gasteiger partial charge in [-0.3, -0.25) is 4.79 Å². The third kappa shape index (κ3) is 4.29. The predicted octanol–water partition coefficient (Wildman–Crippen LogP) is 1.65. The molecule has 1 amide bonds. The van der Waals surface area contributed by atoms with Crippen LogP contribution in [0.25, 0.3) is 0 Å². The maximum atomic E-state index is 12.9. The third-order valence-corrected chi connectivity index (χ3v) is 6.25. The van der Waals surface area contributed by atoms with Crippen LogP contribution < -0.4 is 5.32 Å². The number of amides is 1. The second-order valence-electron chi connectivity index (χ2n) is 6.34. The summed E-state index contributed by atoms with van der Waals surface area (Å²) in [6, 6.07) is 5.84. The molecule has 1 heterocycles. The van der Waals surface area contributed by atoms with E-state index in [1.807, 2.05) is 0 Å². The molecule has 126 valence electrons. The molecule has 5 nitrogen and oxygen atoms in total. The fraction of sp³-hybridized carbons (Fsp3) is 0.562. The number of benzene rings is 1. The predicted molar refractivity (Wildman–Crippen MR) is 84.5 cm³/mol. The molecule has 2 fully saturated rings. The van der Waals surface area contributed by atoms with Crippen LogP contribution in [0.2, 0.25) is 0 Å². The molecule has 3 rings (SSSR count). The minimum absolute atomic E-state index is 0.0584. The van der Waals surface area contributed by atoms with Crippen LogP contribution in [0, 0.1) is 11.7 Å². The largest absolute Gasteiger partial charge is 0.353 e. The van der Waals surface area contributed by atoms with Crippen molar-refractivity contribution in [2.75, 3.05) is 13.1 Å². The van der Waals surface area contributed by atoms with Crippen LogP contribution in [0.1, 0.15) is 31.2 Å². The number of piperidine rings is 1. The molecule has 0 aromatic heterocycles. The van der Waals surface area contributed by atoms with E-state index in [2.05, 4.69) is 5.32 Å². The summed E-state index contributed by atoms with van der Waals surface area (Å²) >= 11 is 0. The Bertz CT molecular complexity index is 663. The van der Waals surface area contributed by atoms with Gasteiger partial charge in [0.05, 0.1) is 5.75 Å². The normalized spacial score (nSPS) is 20.4. The minimum atomic E-state index is -3.43. The second-order valence-corrected chi connectivity index (χ2v) is 8.31. The van der Waals surface area contributed by atoms with Crippen LogP contribution in [0.5, 0.6) is 0 Å². The van der Waals surface area contributed by atoms with Crippen molar-refractivity contribution in [1.29, 1.82) is 0 Å². The van der Waals surface area contributed by atoms with Crippen molar-refractivity contribution in [1.82, 2.24) is 9.62 Å². The molecule has 1 aromatic rings. The molecule has 1 N–H and O–H groups in total. The van der Waals surface area contributed by atoms with Crippen molar-refractivity contribution in [3.8, 4) is 0 Å². The number of sulfonamides is 1. The Balaban J connectivity index is 1.55. The molecule has 2 aliphatic rings. The van der Waals surface area contributed by atoms with Crippen LogP contribution in [0.3, 0.4) is 0 Å². The Morgan fingerprint density at radius 1 is 1.13 bits per heavy atom. The van der Waals surface area contributed by atoms with Gasteiger partial charge >= 0.3 is 0 Å². The number of carbonyl (C=O) groups is 1. The minimum Gasteiger partial charge on any atom is -0.353 e. The number of hydrogen-bond donors (Lipinski definition) is 1. The standard InChI is InChI=1S/C16H21FN2O3S/c17-14-3-1-12(2-4-14)11-23(21,22)19-9-7-13(8-10-19)16(20)18-15-5-6-15/h1-4,13,15H,5-11H2,(H,18,20). The van der Waals surface area contributed by atoms with E-state index in [9.17, 15) is 17.6 Å². The van der Waals surface area contributed by atoms with Crippen molar-refractivity contribution < 1.29 is 17.6 Å². The summed E-state index contributed by atoms with van der Waals surface area (Å²) in [6.45, 7) is 0.735. The Hall–Kier alpha value is -1.47. The van der Waals surface area contributed by atoms with E-state index in [4.69, 9.17) is 0 Å². The number of nitrogens with zero attached hydrogens (tertiary/aromatic N) is 1. The lowest BCUT2D eigenvalue weighted by atomic mass is 9.97. The Labute approximate surface area is 135 Å². The smallest absolute Gasteiger partial charge is 0.223 e. The summed E-state index contributed by atoms with van der Waals surface area (Å²) in [5, 5.41) is 2.98. The van der Waals surface area contributed by atoms with Gasteiger partial charge < -0.3 is 5.32 Å². The SMILES string of the molecule is O=C(NC1CC1)C1CCN(S(=O)(=O)Cc2ccc(F)cc2)CC1. The number of hydrogen-bond acceptors (Lipinski definition) is 3. The second kappa shape index (κ2) is 6.57. The fourth-order valence-electron chi connectivity index (χ4n) is 2.83. The summed E-state index contributed by atoms with van der Waals surface area (Å²) < 4.78 is 39.2. The van der Waals surface area contributed by atoms with E-state index in [0.29, 0.717) is 37.5 Å². The average Bonchev–Trinajstić information content (AvgIpc) is 3.33. The monoisotopic (exact) mass is 340 g/mol. The lowest BCUT2D eigenvalue weighted by Crippen LogP contribution is -2.43. The molecule has 0 spiro atoms. The first-order valence-electron chi connectivity index (χ1n) is 7.97. The molecule has 1 aliphatic carbocycles. The number of rotatable bonds is 5. The maximum absolute atomic E-state index is 12.9. The van der Waals surface area contributed by atoms with E-state index in [1.54, 1.807) is 0 Å². The van der Waals surface area contributed by atoms with Crippen LogP contribution in [0.15, 0.2) is 24.3 Å². The molecule has 0 atom stereocenters. The first-order chi connectivity index (χ1) is 10.9. The van der Waals surface area contributed by atoms with Crippen molar-refractivity contribution in [3.63, 3.8) is 0 Å². The highest BCUT2D eigenvalue weighted by molar-refractivity contribution is 7.88. The van der Waals surface area contributed by atoms with E-state index >= 15 is 0 Å². The van der Waals surface area contributed by atoms with Gasteiger partial charge in [0.2, 0.25) is 15.9 Å². The molecule has 1 aliphatic heterocycles. The van der Waals surface area contributed by atoms with Crippen LogP contribution in [-0.4, -0.2) is 37.8 Å². The maximum Gasteiger partial charge on any atom is 0.223 e. The first-order valence-corrected chi connectivity index (χ1v) is 9.57. The lowest BCUT2D eigenvalue weighted by molar-refractivity contribution is -0.126. The summed E-state index contributed by atoms with van der Waals surface area (Å²) in [5.74, 6) is -0.545. The van der Waals surface area contributed by atoms with Crippen LogP contribution in [0.4, 0.5) is 4.39 Å². The van der Waals surface area contributed by atoms with E-state index in [1.165, 1.54) is 28.6 Å². The van der Waals surface area contributed by atoms with E-state index < -0.39 is 10.0 Å². The first kappa shape index (κ1) is 16.4. The number of nitrogens with one attached hydrogen (secondary N) is 1. The number of halogens is 1. The molecule has 7 heteroatoms. The lowest BCUT2D eigenvalue weighted by Gasteiger charge is -2.30. The van der Waals surface area contributed by atoms with E-state index in [-0.39, 0.29) is 23.4 Å². The van der Waals surface area contributed by atoms with Crippen LogP contribution >= 0.6 is 0 Å². The van der Waals surface area contributed by atoms with Gasteiger partial charge in [-0.2, -0.15) is 0 Å². The van der Waals surface area contributed by atoms with Gasteiger partial charge in [-0.15, -0.1) is 0 Å². The average molecular weight is 340 g/mol. The van der Waals surface area contributed by atoms with Gasteiger partial charge in [0, 0.05) is 25.0 Å². The van der Waals surface area contributed by atoms with E-state index in [0.717, 1.165) is 12.8 Å². The third-order valence-electron chi connectivity index (χ3n) is 4.40. The topological polar surface area (TPSA) is 66.5 Å². The molecular weight excluding hydrogens is 319 g/mol. The zero-order chi connectivity index (χ0) is 16.4. The van der Waals surface area contributed by atoms with Gasteiger partial charge in [0.25, 0.3) is 0 Å². The molecule has 0 radical (unpaired) electrons. The Kier molecular flexibility index (Phi) is 4.68. The summed E-state index contributed by atoms with van der Waals surface area (Å²) in [4.78, 5) is 12.0.